The summed E-state index contributed by atoms with van der Waals surface area (Å²) in [6.45, 7) is 2.30. The Balaban J connectivity index is 1.46. The van der Waals surface area contributed by atoms with Crippen LogP contribution in [0.15, 0.2) is 78.9 Å². The highest BCUT2D eigenvalue weighted by Gasteiger charge is 2.13. The van der Waals surface area contributed by atoms with Crippen molar-refractivity contribution in [3.05, 3.63) is 95.6 Å². The summed E-state index contributed by atoms with van der Waals surface area (Å²) in [6.07, 6.45) is 1.66. The number of amides is 2. The zero-order chi connectivity index (χ0) is 21.9. The molecule has 0 unspecified atom stereocenters. The van der Waals surface area contributed by atoms with Gasteiger partial charge >= 0.3 is 0 Å². The Kier molecular flexibility index (Phi) is 8.05. The number of ether oxygens (including phenoxy) is 2. The number of carbonyl (C=O) groups is 2. The van der Waals surface area contributed by atoms with Crippen LogP contribution in [-0.4, -0.2) is 25.0 Å². The van der Waals surface area contributed by atoms with E-state index in [0.29, 0.717) is 23.7 Å². The molecule has 3 aromatic carbocycles. The van der Waals surface area contributed by atoms with Crippen molar-refractivity contribution in [1.82, 2.24) is 10.9 Å². The van der Waals surface area contributed by atoms with Gasteiger partial charge in [-0.2, -0.15) is 0 Å². The van der Waals surface area contributed by atoms with Gasteiger partial charge in [-0.1, -0.05) is 61.5 Å². The van der Waals surface area contributed by atoms with Gasteiger partial charge in [-0.05, 0) is 41.8 Å². The predicted octanol–water partition coefficient (Wildman–Crippen LogP) is 3.71. The number of rotatable bonds is 9. The average Bonchev–Trinajstić information content (AvgIpc) is 2.82. The first-order chi connectivity index (χ1) is 15.2. The first kappa shape index (κ1) is 21.9. The van der Waals surface area contributed by atoms with E-state index in [1.54, 1.807) is 24.3 Å². The van der Waals surface area contributed by atoms with Crippen molar-refractivity contribution in [2.75, 3.05) is 13.2 Å². The number of hydrogen-bond acceptors (Lipinski definition) is 4. The SMILES string of the molecule is CCc1ccc(OCC(=O)NNC(=O)c2ccccc2OCCc2ccccc2)cc1. The van der Waals surface area contributed by atoms with Crippen LogP contribution in [0, 0.1) is 0 Å². The summed E-state index contributed by atoms with van der Waals surface area (Å²) in [4.78, 5) is 24.5. The van der Waals surface area contributed by atoms with Crippen LogP contribution in [-0.2, 0) is 17.6 Å². The Morgan fingerprint density at radius 2 is 1.48 bits per heavy atom. The average molecular weight is 418 g/mol. The van der Waals surface area contributed by atoms with E-state index in [9.17, 15) is 9.59 Å². The minimum absolute atomic E-state index is 0.207. The minimum atomic E-state index is -0.463. The van der Waals surface area contributed by atoms with Gasteiger partial charge in [0.05, 0.1) is 12.2 Å². The second kappa shape index (κ2) is 11.4. The molecule has 0 bridgehead atoms. The van der Waals surface area contributed by atoms with E-state index in [1.807, 2.05) is 54.6 Å². The number of hydrogen-bond donors (Lipinski definition) is 2. The Morgan fingerprint density at radius 1 is 0.774 bits per heavy atom. The largest absolute Gasteiger partial charge is 0.492 e. The van der Waals surface area contributed by atoms with Crippen molar-refractivity contribution in [3.63, 3.8) is 0 Å². The zero-order valence-electron chi connectivity index (χ0n) is 17.5. The van der Waals surface area contributed by atoms with Crippen LogP contribution in [0.3, 0.4) is 0 Å². The molecule has 0 saturated carbocycles. The highest BCUT2D eigenvalue weighted by Crippen LogP contribution is 2.18. The number of aryl methyl sites for hydroxylation is 1. The van der Waals surface area contributed by atoms with Crippen LogP contribution >= 0.6 is 0 Å². The van der Waals surface area contributed by atoms with Crippen molar-refractivity contribution in [2.24, 2.45) is 0 Å². The second-order valence-corrected chi connectivity index (χ2v) is 6.87. The molecule has 0 heterocycles. The smallest absolute Gasteiger partial charge is 0.276 e. The van der Waals surface area contributed by atoms with Crippen molar-refractivity contribution in [2.45, 2.75) is 19.8 Å². The summed E-state index contributed by atoms with van der Waals surface area (Å²) in [5.74, 6) is 0.125. The third-order valence-electron chi connectivity index (χ3n) is 4.64. The molecule has 0 spiro atoms. The lowest BCUT2D eigenvalue weighted by atomic mass is 10.1. The minimum Gasteiger partial charge on any atom is -0.492 e. The lowest BCUT2D eigenvalue weighted by Crippen LogP contribution is -2.43. The molecule has 160 valence electrons. The van der Waals surface area contributed by atoms with Gasteiger partial charge < -0.3 is 9.47 Å². The Bertz CT molecular complexity index is 988. The molecule has 0 aliphatic heterocycles. The maximum Gasteiger partial charge on any atom is 0.276 e. The second-order valence-electron chi connectivity index (χ2n) is 6.87. The van der Waals surface area contributed by atoms with Crippen LogP contribution in [0.5, 0.6) is 11.5 Å². The van der Waals surface area contributed by atoms with E-state index in [-0.39, 0.29) is 6.61 Å². The number of nitrogens with one attached hydrogen (secondary N) is 2. The van der Waals surface area contributed by atoms with Gasteiger partial charge in [0.15, 0.2) is 6.61 Å². The molecular weight excluding hydrogens is 392 g/mol. The van der Waals surface area contributed by atoms with E-state index in [2.05, 4.69) is 17.8 Å². The Hall–Kier alpha value is -3.80. The van der Waals surface area contributed by atoms with Crippen molar-refractivity contribution in [3.8, 4) is 11.5 Å². The van der Waals surface area contributed by atoms with E-state index >= 15 is 0 Å². The highest BCUT2D eigenvalue weighted by atomic mass is 16.5. The molecule has 0 atom stereocenters. The van der Waals surface area contributed by atoms with Gasteiger partial charge in [-0.15, -0.1) is 0 Å². The molecule has 31 heavy (non-hydrogen) atoms. The summed E-state index contributed by atoms with van der Waals surface area (Å²) >= 11 is 0. The monoisotopic (exact) mass is 418 g/mol. The van der Waals surface area contributed by atoms with Gasteiger partial charge in [0.2, 0.25) is 0 Å². The highest BCUT2D eigenvalue weighted by molar-refractivity contribution is 5.97. The van der Waals surface area contributed by atoms with Crippen LogP contribution in [0.2, 0.25) is 0 Å². The third kappa shape index (κ3) is 6.89. The first-order valence-corrected chi connectivity index (χ1v) is 10.2. The molecule has 0 aromatic heterocycles. The maximum absolute atomic E-state index is 12.5. The van der Waals surface area contributed by atoms with Gasteiger partial charge in [0.25, 0.3) is 11.8 Å². The van der Waals surface area contributed by atoms with E-state index in [4.69, 9.17) is 9.47 Å². The molecule has 0 aliphatic carbocycles. The van der Waals surface area contributed by atoms with Crippen LogP contribution in [0.25, 0.3) is 0 Å². The fourth-order valence-electron chi connectivity index (χ4n) is 2.90. The molecule has 0 radical (unpaired) electrons. The fourth-order valence-corrected chi connectivity index (χ4v) is 2.90. The number of carbonyl (C=O) groups excluding carboxylic acids is 2. The molecule has 3 aromatic rings. The molecule has 0 aliphatic rings. The van der Waals surface area contributed by atoms with Crippen LogP contribution in [0.1, 0.15) is 28.4 Å². The van der Waals surface area contributed by atoms with Gasteiger partial charge in [0.1, 0.15) is 11.5 Å². The maximum atomic E-state index is 12.5. The van der Waals surface area contributed by atoms with Gasteiger partial charge in [-0.3, -0.25) is 20.4 Å². The van der Waals surface area contributed by atoms with E-state index < -0.39 is 11.8 Å². The van der Waals surface area contributed by atoms with Gasteiger partial charge in [0, 0.05) is 6.42 Å². The number of hydrazine groups is 1. The van der Waals surface area contributed by atoms with Gasteiger partial charge in [-0.25, -0.2) is 0 Å². The van der Waals surface area contributed by atoms with Crippen molar-refractivity contribution in [1.29, 1.82) is 0 Å². The third-order valence-corrected chi connectivity index (χ3v) is 4.64. The standard InChI is InChI=1S/C25H26N2O4/c1-2-19-12-14-21(15-13-19)31-18-24(28)26-27-25(29)22-10-6-7-11-23(22)30-17-16-20-8-4-3-5-9-20/h3-15H,2,16-18H2,1H3,(H,26,28)(H,27,29). The Labute approximate surface area is 182 Å². The van der Waals surface area contributed by atoms with Crippen molar-refractivity contribution < 1.29 is 19.1 Å². The van der Waals surface area contributed by atoms with Crippen molar-refractivity contribution >= 4 is 11.8 Å². The first-order valence-electron chi connectivity index (χ1n) is 10.2. The Morgan fingerprint density at radius 3 is 2.23 bits per heavy atom. The molecule has 6 heteroatoms. The molecule has 3 rings (SSSR count). The summed E-state index contributed by atoms with van der Waals surface area (Å²) in [5.41, 5.74) is 7.45. The summed E-state index contributed by atoms with van der Waals surface area (Å²) in [7, 11) is 0. The van der Waals surface area contributed by atoms with E-state index in [1.165, 1.54) is 5.56 Å². The molecule has 0 saturated heterocycles. The van der Waals surface area contributed by atoms with E-state index in [0.717, 1.165) is 18.4 Å². The summed E-state index contributed by atoms with van der Waals surface area (Å²) < 4.78 is 11.2. The topological polar surface area (TPSA) is 76.7 Å². The predicted molar refractivity (Wildman–Crippen MR) is 119 cm³/mol. The van der Waals surface area contributed by atoms with Crippen LogP contribution < -0.4 is 20.3 Å². The fraction of sp³-hybridized carbons (Fsp3) is 0.200. The summed E-state index contributed by atoms with van der Waals surface area (Å²) in [5, 5.41) is 0. The molecule has 0 fully saturated rings. The molecule has 6 nitrogen and oxygen atoms in total. The lowest BCUT2D eigenvalue weighted by Gasteiger charge is -2.13. The molecular formula is C25H26N2O4. The normalized spacial score (nSPS) is 10.2. The lowest BCUT2D eigenvalue weighted by molar-refractivity contribution is -0.123. The summed E-state index contributed by atoms with van der Waals surface area (Å²) in [6, 6.07) is 24.4. The molecule has 2 N–H and O–H groups in total. The number of benzene rings is 3. The zero-order valence-corrected chi connectivity index (χ0v) is 17.5. The number of para-hydroxylation sites is 1. The molecule has 2 amide bonds. The van der Waals surface area contributed by atoms with Crippen LogP contribution in [0.4, 0.5) is 0 Å². The quantitative estimate of drug-likeness (QED) is 0.520.